The summed E-state index contributed by atoms with van der Waals surface area (Å²) < 4.78 is 23.0. The number of nitro benzene ring substituents is 1. The van der Waals surface area contributed by atoms with Gasteiger partial charge in [0.15, 0.2) is 9.84 Å². The van der Waals surface area contributed by atoms with Crippen molar-refractivity contribution in [1.29, 1.82) is 0 Å². The van der Waals surface area contributed by atoms with Gasteiger partial charge in [-0.25, -0.2) is 8.42 Å². The standard InChI is InChI=1S/C12H17N3O4S/c1-9-8-14(6-5-13-9)11-4-3-10(20(2,18)19)7-12(11)15(16)17/h3-4,7,9,13H,5-6,8H2,1-2H3/t9-/m0/s1. The highest BCUT2D eigenvalue weighted by atomic mass is 32.2. The summed E-state index contributed by atoms with van der Waals surface area (Å²) in [5, 5.41) is 14.5. The highest BCUT2D eigenvalue weighted by molar-refractivity contribution is 7.90. The number of nitrogens with zero attached hydrogens (tertiary/aromatic N) is 2. The second kappa shape index (κ2) is 5.37. The average molecular weight is 299 g/mol. The van der Waals surface area contributed by atoms with Gasteiger partial charge in [0.25, 0.3) is 5.69 Å². The summed E-state index contributed by atoms with van der Waals surface area (Å²) in [6.07, 6.45) is 1.04. The maximum atomic E-state index is 11.5. The second-order valence-electron chi connectivity index (χ2n) is 4.98. The maximum absolute atomic E-state index is 11.5. The van der Waals surface area contributed by atoms with Gasteiger partial charge in [0.1, 0.15) is 5.69 Å². The molecular weight excluding hydrogens is 282 g/mol. The zero-order valence-corrected chi connectivity index (χ0v) is 12.2. The van der Waals surface area contributed by atoms with Gasteiger partial charge in [-0.1, -0.05) is 0 Å². The summed E-state index contributed by atoms with van der Waals surface area (Å²) in [5.41, 5.74) is 0.303. The van der Waals surface area contributed by atoms with Gasteiger partial charge < -0.3 is 10.2 Å². The van der Waals surface area contributed by atoms with Crippen LogP contribution in [-0.4, -0.2) is 45.3 Å². The summed E-state index contributed by atoms with van der Waals surface area (Å²) in [4.78, 5) is 12.5. The molecule has 2 rings (SSSR count). The molecule has 1 heterocycles. The van der Waals surface area contributed by atoms with Crippen LogP contribution in [0.2, 0.25) is 0 Å². The van der Waals surface area contributed by atoms with Crippen molar-refractivity contribution in [3.63, 3.8) is 0 Å². The predicted octanol–water partition coefficient (Wildman–Crippen LogP) is 0.796. The highest BCUT2D eigenvalue weighted by Crippen LogP contribution is 2.31. The van der Waals surface area contributed by atoms with Crippen LogP contribution in [0.3, 0.4) is 0 Å². The minimum Gasteiger partial charge on any atom is -0.363 e. The lowest BCUT2D eigenvalue weighted by atomic mass is 10.2. The maximum Gasteiger partial charge on any atom is 0.293 e. The second-order valence-corrected chi connectivity index (χ2v) is 7.00. The molecule has 0 aliphatic carbocycles. The summed E-state index contributed by atoms with van der Waals surface area (Å²) in [7, 11) is -3.45. The van der Waals surface area contributed by atoms with E-state index in [0.717, 1.165) is 18.9 Å². The van der Waals surface area contributed by atoms with Gasteiger partial charge in [-0.05, 0) is 19.1 Å². The van der Waals surface area contributed by atoms with Crippen molar-refractivity contribution in [1.82, 2.24) is 5.32 Å². The van der Waals surface area contributed by atoms with E-state index in [9.17, 15) is 18.5 Å². The monoisotopic (exact) mass is 299 g/mol. The number of sulfone groups is 1. The van der Waals surface area contributed by atoms with Gasteiger partial charge >= 0.3 is 0 Å². The first-order valence-corrected chi connectivity index (χ1v) is 8.15. The van der Waals surface area contributed by atoms with Gasteiger partial charge in [0, 0.05) is 38.0 Å². The molecule has 0 saturated carbocycles. The number of hydrogen-bond acceptors (Lipinski definition) is 6. The Labute approximate surface area is 117 Å². The number of rotatable bonds is 3. The number of nitro groups is 1. The largest absolute Gasteiger partial charge is 0.363 e. The summed E-state index contributed by atoms with van der Waals surface area (Å²) in [6.45, 7) is 4.05. The van der Waals surface area contributed by atoms with E-state index < -0.39 is 14.8 Å². The molecule has 1 atom stereocenters. The third kappa shape index (κ3) is 3.07. The number of piperazine rings is 1. The Hall–Kier alpha value is -1.67. The van der Waals surface area contributed by atoms with E-state index in [-0.39, 0.29) is 16.6 Å². The molecule has 110 valence electrons. The van der Waals surface area contributed by atoms with Gasteiger partial charge in [-0.2, -0.15) is 0 Å². The highest BCUT2D eigenvalue weighted by Gasteiger charge is 2.25. The van der Waals surface area contributed by atoms with Crippen LogP contribution < -0.4 is 10.2 Å². The van der Waals surface area contributed by atoms with Crippen LogP contribution in [0, 0.1) is 10.1 Å². The van der Waals surface area contributed by atoms with E-state index in [2.05, 4.69) is 5.32 Å². The van der Waals surface area contributed by atoms with E-state index in [1.165, 1.54) is 12.1 Å². The number of benzene rings is 1. The molecule has 1 fully saturated rings. The van der Waals surface area contributed by atoms with Crippen LogP contribution in [-0.2, 0) is 9.84 Å². The van der Waals surface area contributed by atoms with Crippen LogP contribution in [0.1, 0.15) is 6.92 Å². The van der Waals surface area contributed by atoms with E-state index >= 15 is 0 Å². The third-order valence-corrected chi connectivity index (χ3v) is 4.39. The molecule has 0 radical (unpaired) electrons. The van der Waals surface area contributed by atoms with Gasteiger partial charge in [0.05, 0.1) is 9.82 Å². The lowest BCUT2D eigenvalue weighted by molar-refractivity contribution is -0.384. The molecule has 1 aliphatic heterocycles. The Kier molecular flexibility index (Phi) is 3.96. The van der Waals surface area contributed by atoms with Gasteiger partial charge in [0.2, 0.25) is 0 Å². The van der Waals surface area contributed by atoms with Crippen molar-refractivity contribution in [2.24, 2.45) is 0 Å². The molecule has 1 aromatic carbocycles. The normalized spacial score (nSPS) is 19.9. The van der Waals surface area contributed by atoms with Gasteiger partial charge in [-0.3, -0.25) is 10.1 Å². The molecule has 7 nitrogen and oxygen atoms in total. The van der Waals surface area contributed by atoms with E-state index in [4.69, 9.17) is 0 Å². The molecule has 20 heavy (non-hydrogen) atoms. The smallest absolute Gasteiger partial charge is 0.293 e. The molecule has 1 N–H and O–H groups in total. The third-order valence-electron chi connectivity index (χ3n) is 3.28. The van der Waals surface area contributed by atoms with Crippen LogP contribution in [0.25, 0.3) is 0 Å². The Morgan fingerprint density at radius 1 is 1.45 bits per heavy atom. The Balaban J connectivity index is 2.45. The molecule has 0 unspecified atom stereocenters. The number of hydrogen-bond donors (Lipinski definition) is 1. The topological polar surface area (TPSA) is 92.5 Å². The molecule has 0 bridgehead atoms. The number of nitrogens with one attached hydrogen (secondary N) is 1. The van der Waals surface area contributed by atoms with Gasteiger partial charge in [-0.15, -0.1) is 0 Å². The lowest BCUT2D eigenvalue weighted by Gasteiger charge is -2.33. The zero-order chi connectivity index (χ0) is 14.9. The fourth-order valence-electron chi connectivity index (χ4n) is 2.30. The van der Waals surface area contributed by atoms with Crippen molar-refractivity contribution in [3.05, 3.63) is 28.3 Å². The first kappa shape index (κ1) is 14.7. The minimum atomic E-state index is -3.45. The molecule has 0 amide bonds. The van der Waals surface area contributed by atoms with Crippen LogP contribution >= 0.6 is 0 Å². The molecule has 1 aliphatic rings. The molecule has 1 aromatic rings. The molecular formula is C12H17N3O4S. The van der Waals surface area contributed by atoms with Crippen LogP contribution in [0.15, 0.2) is 23.1 Å². The zero-order valence-electron chi connectivity index (χ0n) is 11.4. The van der Waals surface area contributed by atoms with Crippen molar-refractivity contribution < 1.29 is 13.3 Å². The Morgan fingerprint density at radius 2 is 2.15 bits per heavy atom. The SMILES string of the molecule is C[C@H]1CN(c2ccc(S(C)(=O)=O)cc2[N+](=O)[O-])CCN1. The molecule has 0 spiro atoms. The summed E-state index contributed by atoms with van der Waals surface area (Å²) in [5.74, 6) is 0. The summed E-state index contributed by atoms with van der Waals surface area (Å²) in [6, 6.07) is 4.31. The molecule has 0 aromatic heterocycles. The van der Waals surface area contributed by atoms with E-state index in [0.29, 0.717) is 18.8 Å². The van der Waals surface area contributed by atoms with E-state index in [1.807, 2.05) is 11.8 Å². The predicted molar refractivity (Wildman–Crippen MR) is 75.9 cm³/mol. The number of anilines is 1. The van der Waals surface area contributed by atoms with Crippen molar-refractivity contribution in [2.45, 2.75) is 17.9 Å². The first-order valence-electron chi connectivity index (χ1n) is 6.26. The minimum absolute atomic E-state index is 0.0314. The van der Waals surface area contributed by atoms with Crippen molar-refractivity contribution in [2.75, 3.05) is 30.8 Å². The molecule has 8 heteroatoms. The quantitative estimate of drug-likeness (QED) is 0.655. The van der Waals surface area contributed by atoms with Crippen LogP contribution in [0.5, 0.6) is 0 Å². The fourth-order valence-corrected chi connectivity index (χ4v) is 2.94. The van der Waals surface area contributed by atoms with Crippen LogP contribution in [0.4, 0.5) is 11.4 Å². The Bertz CT molecular complexity index is 630. The van der Waals surface area contributed by atoms with Crippen molar-refractivity contribution in [3.8, 4) is 0 Å². The van der Waals surface area contributed by atoms with E-state index in [1.54, 1.807) is 0 Å². The fraction of sp³-hybridized carbons (Fsp3) is 0.500. The average Bonchev–Trinajstić information content (AvgIpc) is 2.37. The first-order chi connectivity index (χ1) is 9.29. The lowest BCUT2D eigenvalue weighted by Crippen LogP contribution is -2.49. The summed E-state index contributed by atoms with van der Waals surface area (Å²) >= 11 is 0. The molecule has 1 saturated heterocycles. The Morgan fingerprint density at radius 3 is 2.70 bits per heavy atom. The van der Waals surface area contributed by atoms with Crippen molar-refractivity contribution >= 4 is 21.2 Å².